The summed E-state index contributed by atoms with van der Waals surface area (Å²) >= 11 is 0. The molecule has 0 aliphatic heterocycles. The van der Waals surface area contributed by atoms with Gasteiger partial charge in [-0.15, -0.1) is 0 Å². The van der Waals surface area contributed by atoms with Crippen molar-refractivity contribution in [2.75, 3.05) is 0 Å². The molecule has 0 saturated heterocycles. The summed E-state index contributed by atoms with van der Waals surface area (Å²) in [6, 6.07) is 14.6. The molecule has 0 radical (unpaired) electrons. The molecule has 2 aromatic rings. The van der Waals surface area contributed by atoms with E-state index in [0.29, 0.717) is 0 Å². The van der Waals surface area contributed by atoms with E-state index >= 15 is 0 Å². The SMILES string of the molecule is CCCC/C=C/Cc1ccc(-c2ccccc2)nc1. The number of pyridine rings is 1. The topological polar surface area (TPSA) is 12.9 Å². The van der Waals surface area contributed by atoms with E-state index in [9.17, 15) is 0 Å². The fourth-order valence-electron chi connectivity index (χ4n) is 1.98. The lowest BCUT2D eigenvalue weighted by Crippen LogP contribution is -1.87. The zero-order valence-corrected chi connectivity index (χ0v) is 11.5. The fourth-order valence-corrected chi connectivity index (χ4v) is 1.98. The lowest BCUT2D eigenvalue weighted by Gasteiger charge is -2.01. The second-order valence-corrected chi connectivity index (χ2v) is 4.74. The third-order valence-corrected chi connectivity index (χ3v) is 3.14. The van der Waals surface area contributed by atoms with Gasteiger partial charge in [-0.2, -0.15) is 0 Å². The highest BCUT2D eigenvalue weighted by atomic mass is 14.7. The van der Waals surface area contributed by atoms with E-state index in [-0.39, 0.29) is 0 Å². The summed E-state index contributed by atoms with van der Waals surface area (Å²) in [4.78, 5) is 4.53. The first kappa shape index (κ1) is 13.5. The largest absolute Gasteiger partial charge is 0.256 e. The molecule has 1 aromatic carbocycles. The number of unbranched alkanes of at least 4 members (excludes halogenated alkanes) is 2. The van der Waals surface area contributed by atoms with Crippen LogP contribution in [-0.2, 0) is 6.42 Å². The molecule has 1 aromatic heterocycles. The molecule has 0 amide bonds. The highest BCUT2D eigenvalue weighted by molar-refractivity contribution is 5.58. The van der Waals surface area contributed by atoms with Crippen LogP contribution in [0.15, 0.2) is 60.8 Å². The maximum Gasteiger partial charge on any atom is 0.0702 e. The van der Waals surface area contributed by atoms with Crippen LogP contribution >= 0.6 is 0 Å². The number of hydrogen-bond donors (Lipinski definition) is 0. The predicted octanol–water partition coefficient (Wildman–Crippen LogP) is 5.04. The van der Waals surface area contributed by atoms with Crippen LogP contribution in [0.5, 0.6) is 0 Å². The third-order valence-electron chi connectivity index (χ3n) is 3.14. The molecule has 0 saturated carbocycles. The first-order chi connectivity index (χ1) is 9.40. The van der Waals surface area contributed by atoms with Crippen molar-refractivity contribution in [3.05, 3.63) is 66.4 Å². The lowest BCUT2D eigenvalue weighted by atomic mass is 10.1. The third kappa shape index (κ3) is 4.36. The number of allylic oxidation sites excluding steroid dienone is 2. The molecule has 1 heteroatoms. The Morgan fingerprint density at radius 1 is 1.00 bits per heavy atom. The van der Waals surface area contributed by atoms with Crippen LogP contribution in [-0.4, -0.2) is 4.98 Å². The standard InChI is InChI=1S/C18H21N/c1-2-3-4-5-7-10-16-13-14-18(19-15-16)17-11-8-6-9-12-17/h5-9,11-15H,2-4,10H2,1H3/b7-5+. The Labute approximate surface area is 116 Å². The first-order valence-corrected chi connectivity index (χ1v) is 7.05. The highest BCUT2D eigenvalue weighted by Gasteiger charge is 1.97. The second kappa shape index (κ2) is 7.52. The molecule has 0 N–H and O–H groups in total. The van der Waals surface area contributed by atoms with Crippen LogP contribution in [0.25, 0.3) is 11.3 Å². The van der Waals surface area contributed by atoms with Crippen LogP contribution in [0.4, 0.5) is 0 Å². The molecular weight excluding hydrogens is 230 g/mol. The summed E-state index contributed by atoms with van der Waals surface area (Å²) in [6.07, 6.45) is 11.2. The molecule has 19 heavy (non-hydrogen) atoms. The Bertz CT molecular complexity index is 497. The molecule has 0 bridgehead atoms. The lowest BCUT2D eigenvalue weighted by molar-refractivity contribution is 0.813. The Morgan fingerprint density at radius 3 is 2.53 bits per heavy atom. The van der Waals surface area contributed by atoms with Gasteiger partial charge in [-0.25, -0.2) is 0 Å². The molecule has 98 valence electrons. The summed E-state index contributed by atoms with van der Waals surface area (Å²) in [7, 11) is 0. The molecule has 0 aliphatic rings. The number of nitrogens with zero attached hydrogens (tertiary/aromatic N) is 1. The second-order valence-electron chi connectivity index (χ2n) is 4.74. The number of benzene rings is 1. The molecule has 1 nitrogen and oxygen atoms in total. The van der Waals surface area contributed by atoms with Gasteiger partial charge in [-0.1, -0.05) is 68.3 Å². The average Bonchev–Trinajstić information content (AvgIpc) is 2.49. The van der Waals surface area contributed by atoms with Crippen LogP contribution in [0.2, 0.25) is 0 Å². The van der Waals surface area contributed by atoms with Gasteiger partial charge in [0.25, 0.3) is 0 Å². The van der Waals surface area contributed by atoms with Gasteiger partial charge in [-0.05, 0) is 24.5 Å². The smallest absolute Gasteiger partial charge is 0.0702 e. The monoisotopic (exact) mass is 251 g/mol. The Hall–Kier alpha value is -1.89. The molecule has 2 rings (SSSR count). The minimum atomic E-state index is 0.978. The minimum Gasteiger partial charge on any atom is -0.256 e. The molecule has 1 heterocycles. The van der Waals surface area contributed by atoms with Crippen LogP contribution in [0.1, 0.15) is 31.7 Å². The van der Waals surface area contributed by atoms with Gasteiger partial charge in [0, 0.05) is 11.8 Å². The van der Waals surface area contributed by atoms with Crippen molar-refractivity contribution >= 4 is 0 Å². The fraction of sp³-hybridized carbons (Fsp3) is 0.278. The van der Waals surface area contributed by atoms with Crippen molar-refractivity contribution in [2.24, 2.45) is 0 Å². The summed E-state index contributed by atoms with van der Waals surface area (Å²) in [5, 5.41) is 0. The summed E-state index contributed by atoms with van der Waals surface area (Å²) in [5.41, 5.74) is 3.49. The summed E-state index contributed by atoms with van der Waals surface area (Å²) in [6.45, 7) is 2.22. The van der Waals surface area contributed by atoms with Crippen molar-refractivity contribution in [3.8, 4) is 11.3 Å². The van der Waals surface area contributed by atoms with Crippen molar-refractivity contribution in [2.45, 2.75) is 32.6 Å². The van der Waals surface area contributed by atoms with E-state index in [2.05, 4.69) is 48.3 Å². The summed E-state index contributed by atoms with van der Waals surface area (Å²) in [5.74, 6) is 0. The zero-order chi connectivity index (χ0) is 13.3. The maximum atomic E-state index is 4.53. The molecule has 0 atom stereocenters. The van der Waals surface area contributed by atoms with Crippen molar-refractivity contribution in [3.63, 3.8) is 0 Å². The van der Waals surface area contributed by atoms with E-state index in [1.165, 1.54) is 30.4 Å². The number of rotatable bonds is 6. The van der Waals surface area contributed by atoms with Crippen LogP contribution in [0, 0.1) is 0 Å². The number of hydrogen-bond acceptors (Lipinski definition) is 1. The normalized spacial score (nSPS) is 11.0. The number of aromatic nitrogens is 1. The zero-order valence-electron chi connectivity index (χ0n) is 11.5. The summed E-state index contributed by atoms with van der Waals surface area (Å²) < 4.78 is 0. The maximum absolute atomic E-state index is 4.53. The van der Waals surface area contributed by atoms with Gasteiger partial charge >= 0.3 is 0 Å². The van der Waals surface area contributed by atoms with E-state index in [1.807, 2.05) is 24.4 Å². The van der Waals surface area contributed by atoms with Crippen molar-refractivity contribution in [1.29, 1.82) is 0 Å². The van der Waals surface area contributed by atoms with E-state index < -0.39 is 0 Å². The first-order valence-electron chi connectivity index (χ1n) is 7.05. The van der Waals surface area contributed by atoms with Gasteiger partial charge in [0.15, 0.2) is 0 Å². The quantitative estimate of drug-likeness (QED) is 0.518. The van der Waals surface area contributed by atoms with Gasteiger partial charge < -0.3 is 0 Å². The molecule has 0 unspecified atom stereocenters. The highest BCUT2D eigenvalue weighted by Crippen LogP contribution is 2.16. The Balaban J connectivity index is 1.94. The molecular formula is C18H21N. The predicted molar refractivity (Wildman–Crippen MR) is 82.0 cm³/mol. The van der Waals surface area contributed by atoms with Crippen LogP contribution < -0.4 is 0 Å². The van der Waals surface area contributed by atoms with Crippen molar-refractivity contribution < 1.29 is 0 Å². The minimum absolute atomic E-state index is 0.978. The van der Waals surface area contributed by atoms with Gasteiger partial charge in [-0.3, -0.25) is 4.98 Å². The van der Waals surface area contributed by atoms with Crippen LogP contribution in [0.3, 0.4) is 0 Å². The molecule has 0 fully saturated rings. The van der Waals surface area contributed by atoms with Gasteiger partial charge in [0.05, 0.1) is 5.69 Å². The van der Waals surface area contributed by atoms with Crippen molar-refractivity contribution in [1.82, 2.24) is 4.98 Å². The molecule has 0 aliphatic carbocycles. The Kier molecular flexibility index (Phi) is 5.36. The Morgan fingerprint density at radius 2 is 1.84 bits per heavy atom. The average molecular weight is 251 g/mol. The van der Waals surface area contributed by atoms with E-state index in [1.54, 1.807) is 0 Å². The van der Waals surface area contributed by atoms with Gasteiger partial charge in [0.1, 0.15) is 0 Å². The van der Waals surface area contributed by atoms with E-state index in [0.717, 1.165) is 12.1 Å². The molecule has 0 spiro atoms. The van der Waals surface area contributed by atoms with Gasteiger partial charge in [0.2, 0.25) is 0 Å². The van der Waals surface area contributed by atoms with E-state index in [4.69, 9.17) is 0 Å².